The molecule has 1 heterocycles. The summed E-state index contributed by atoms with van der Waals surface area (Å²) >= 11 is 4.99. The summed E-state index contributed by atoms with van der Waals surface area (Å²) in [6.07, 6.45) is 0. The highest BCUT2D eigenvalue weighted by molar-refractivity contribution is 7.80. The van der Waals surface area contributed by atoms with Crippen molar-refractivity contribution in [3.63, 3.8) is 0 Å². The van der Waals surface area contributed by atoms with E-state index in [0.717, 1.165) is 5.39 Å². The minimum Gasteiger partial charge on any atom is -0.451 e. The Morgan fingerprint density at radius 1 is 0.960 bits per heavy atom. The lowest BCUT2D eigenvalue weighted by Gasteiger charge is -2.09. The van der Waals surface area contributed by atoms with Gasteiger partial charge >= 0.3 is 0 Å². The fraction of sp³-hybridized carbons (Fsp3) is 0.0556. The molecule has 0 radical (unpaired) electrons. The fourth-order valence-electron chi connectivity index (χ4n) is 2.25. The predicted octanol–water partition coefficient (Wildman–Crippen LogP) is 3.52. The van der Waals surface area contributed by atoms with Crippen LogP contribution in [-0.2, 0) is 4.79 Å². The van der Waals surface area contributed by atoms with E-state index in [0.29, 0.717) is 17.0 Å². The van der Waals surface area contributed by atoms with E-state index in [1.54, 1.807) is 30.3 Å². The topological polar surface area (TPSA) is 83.4 Å². The van der Waals surface area contributed by atoms with E-state index in [-0.39, 0.29) is 22.7 Å². The number of carbonyl (C=O) groups excluding carboxylic acids is 2. The molecule has 0 spiro atoms. The molecule has 0 aliphatic rings. The molecule has 1 aromatic heterocycles. The molecule has 0 bridgehead atoms. The molecule has 2 amide bonds. The van der Waals surface area contributed by atoms with Crippen molar-refractivity contribution in [2.45, 2.75) is 6.92 Å². The summed E-state index contributed by atoms with van der Waals surface area (Å²) in [4.78, 5) is 23.2. The molecule has 0 saturated carbocycles. The minimum atomic E-state index is -0.328. The average molecular weight is 353 g/mol. The van der Waals surface area contributed by atoms with Crippen LogP contribution in [0.1, 0.15) is 17.5 Å². The van der Waals surface area contributed by atoms with Crippen LogP contribution in [0.5, 0.6) is 0 Å². The van der Waals surface area contributed by atoms with E-state index >= 15 is 0 Å². The van der Waals surface area contributed by atoms with Crippen molar-refractivity contribution >= 4 is 51.5 Å². The number of furan rings is 1. The largest absolute Gasteiger partial charge is 0.451 e. The monoisotopic (exact) mass is 353 g/mol. The molecule has 0 aliphatic heterocycles. The standard InChI is InChI=1S/C18H15N3O3S/c1-11(22)19-18(25)21-14-8-6-13(7-9-14)20-17(23)16-10-12-4-2-3-5-15(12)24-16/h2-10H,1H3,(H,20,23)(H2,19,21,22,25). The van der Waals surface area contributed by atoms with Gasteiger partial charge in [0.05, 0.1) is 0 Å². The Hall–Kier alpha value is -3.19. The molecule has 3 N–H and O–H groups in total. The minimum absolute atomic E-state index is 0.214. The van der Waals surface area contributed by atoms with Crippen LogP contribution < -0.4 is 16.0 Å². The van der Waals surface area contributed by atoms with Gasteiger partial charge in [-0.2, -0.15) is 0 Å². The van der Waals surface area contributed by atoms with Crippen molar-refractivity contribution in [1.82, 2.24) is 5.32 Å². The molecule has 0 saturated heterocycles. The number of para-hydroxylation sites is 1. The van der Waals surface area contributed by atoms with E-state index in [4.69, 9.17) is 16.6 Å². The van der Waals surface area contributed by atoms with Gasteiger partial charge in [-0.1, -0.05) is 18.2 Å². The first-order chi connectivity index (χ1) is 12.0. The summed E-state index contributed by atoms with van der Waals surface area (Å²) in [7, 11) is 0. The predicted molar refractivity (Wildman–Crippen MR) is 101 cm³/mol. The normalized spacial score (nSPS) is 10.3. The molecule has 25 heavy (non-hydrogen) atoms. The molecule has 126 valence electrons. The second-order valence-electron chi connectivity index (χ2n) is 5.32. The molecule has 0 fully saturated rings. The highest BCUT2D eigenvalue weighted by Gasteiger charge is 2.12. The van der Waals surface area contributed by atoms with Gasteiger partial charge in [0, 0.05) is 23.7 Å². The van der Waals surface area contributed by atoms with Gasteiger partial charge in [-0.15, -0.1) is 0 Å². The van der Waals surface area contributed by atoms with Crippen LogP contribution in [-0.4, -0.2) is 16.9 Å². The summed E-state index contributed by atoms with van der Waals surface area (Å²) in [6.45, 7) is 1.38. The number of amides is 2. The molecular formula is C18H15N3O3S. The van der Waals surface area contributed by atoms with Crippen LogP contribution in [0.2, 0.25) is 0 Å². The molecule has 3 aromatic rings. The Morgan fingerprint density at radius 2 is 1.60 bits per heavy atom. The van der Waals surface area contributed by atoms with Crippen LogP contribution in [0.25, 0.3) is 11.0 Å². The van der Waals surface area contributed by atoms with Crippen molar-refractivity contribution < 1.29 is 14.0 Å². The van der Waals surface area contributed by atoms with Crippen molar-refractivity contribution in [2.75, 3.05) is 10.6 Å². The lowest BCUT2D eigenvalue weighted by Crippen LogP contribution is -2.32. The average Bonchev–Trinajstić information content (AvgIpc) is 3.00. The number of hydrogen-bond donors (Lipinski definition) is 3. The Balaban J connectivity index is 1.65. The number of thiocarbonyl (C=S) groups is 1. The van der Waals surface area contributed by atoms with Crippen LogP contribution >= 0.6 is 12.2 Å². The smallest absolute Gasteiger partial charge is 0.291 e. The molecule has 7 heteroatoms. The Morgan fingerprint density at radius 3 is 2.24 bits per heavy atom. The summed E-state index contributed by atoms with van der Waals surface area (Å²) < 4.78 is 5.53. The third kappa shape index (κ3) is 4.21. The third-order valence-corrected chi connectivity index (χ3v) is 3.54. The van der Waals surface area contributed by atoms with Crippen molar-refractivity contribution in [3.8, 4) is 0 Å². The molecule has 3 rings (SSSR count). The highest BCUT2D eigenvalue weighted by atomic mass is 32.1. The number of anilines is 2. The van der Waals surface area contributed by atoms with E-state index in [9.17, 15) is 9.59 Å². The van der Waals surface area contributed by atoms with Gasteiger partial charge < -0.3 is 20.4 Å². The van der Waals surface area contributed by atoms with Gasteiger partial charge in [-0.25, -0.2) is 0 Å². The number of rotatable bonds is 3. The highest BCUT2D eigenvalue weighted by Crippen LogP contribution is 2.20. The van der Waals surface area contributed by atoms with E-state index in [2.05, 4.69) is 16.0 Å². The van der Waals surface area contributed by atoms with Gasteiger partial charge in [0.25, 0.3) is 5.91 Å². The molecule has 0 unspecified atom stereocenters. The third-order valence-electron chi connectivity index (χ3n) is 3.34. The zero-order chi connectivity index (χ0) is 17.8. The van der Waals surface area contributed by atoms with E-state index in [1.807, 2.05) is 24.3 Å². The summed E-state index contributed by atoms with van der Waals surface area (Å²) in [5, 5.41) is 9.20. The van der Waals surface area contributed by atoms with E-state index in [1.165, 1.54) is 6.92 Å². The number of hydrogen-bond acceptors (Lipinski definition) is 4. The SMILES string of the molecule is CC(=O)NC(=S)Nc1ccc(NC(=O)c2cc3ccccc3o2)cc1. The van der Waals surface area contributed by atoms with Gasteiger partial charge in [0.1, 0.15) is 5.58 Å². The lowest BCUT2D eigenvalue weighted by atomic mass is 10.2. The second kappa shape index (κ2) is 7.14. The van der Waals surface area contributed by atoms with Crippen LogP contribution in [0.15, 0.2) is 59.0 Å². The number of fused-ring (bicyclic) bond motifs is 1. The van der Waals surface area contributed by atoms with Crippen molar-refractivity contribution in [3.05, 3.63) is 60.4 Å². The Kier molecular flexibility index (Phi) is 4.76. The molecule has 0 aliphatic carbocycles. The first-order valence-electron chi connectivity index (χ1n) is 7.50. The van der Waals surface area contributed by atoms with Gasteiger partial charge in [-0.3, -0.25) is 9.59 Å². The molecular weight excluding hydrogens is 338 g/mol. The quantitative estimate of drug-likeness (QED) is 0.628. The number of nitrogens with one attached hydrogen (secondary N) is 3. The van der Waals surface area contributed by atoms with Gasteiger partial charge in [0.2, 0.25) is 5.91 Å². The summed E-state index contributed by atoms with van der Waals surface area (Å²) in [5.74, 6) is -0.326. The lowest BCUT2D eigenvalue weighted by molar-refractivity contribution is -0.117. The van der Waals surface area contributed by atoms with Crippen molar-refractivity contribution in [2.24, 2.45) is 0 Å². The second-order valence-corrected chi connectivity index (χ2v) is 5.72. The maximum Gasteiger partial charge on any atom is 0.291 e. The van der Waals surface area contributed by atoms with E-state index < -0.39 is 0 Å². The molecule has 0 atom stereocenters. The van der Waals surface area contributed by atoms with Crippen LogP contribution in [0.4, 0.5) is 11.4 Å². The van der Waals surface area contributed by atoms with Gasteiger partial charge in [0.15, 0.2) is 10.9 Å². The zero-order valence-electron chi connectivity index (χ0n) is 13.3. The maximum absolute atomic E-state index is 12.3. The molecule has 2 aromatic carbocycles. The van der Waals surface area contributed by atoms with Crippen LogP contribution in [0, 0.1) is 0 Å². The van der Waals surface area contributed by atoms with Crippen LogP contribution in [0.3, 0.4) is 0 Å². The first-order valence-corrected chi connectivity index (χ1v) is 7.90. The Labute approximate surface area is 149 Å². The van der Waals surface area contributed by atoms with Crippen molar-refractivity contribution in [1.29, 1.82) is 0 Å². The first kappa shape index (κ1) is 16.7. The van der Waals surface area contributed by atoms with Gasteiger partial charge in [-0.05, 0) is 48.6 Å². The number of carbonyl (C=O) groups is 2. The maximum atomic E-state index is 12.3. The summed E-state index contributed by atoms with van der Waals surface area (Å²) in [6, 6.07) is 16.1. The molecule has 6 nitrogen and oxygen atoms in total. The number of benzene rings is 2. The summed E-state index contributed by atoms with van der Waals surface area (Å²) in [5.41, 5.74) is 1.97. The zero-order valence-corrected chi connectivity index (χ0v) is 14.1. The Bertz CT molecular complexity index is 915. The fourth-order valence-corrected chi connectivity index (χ4v) is 2.51.